The van der Waals surface area contributed by atoms with Crippen molar-refractivity contribution in [3.8, 4) is 21.9 Å². The van der Waals surface area contributed by atoms with Gasteiger partial charge in [-0.25, -0.2) is 0 Å². The van der Waals surface area contributed by atoms with Gasteiger partial charge in [0.05, 0.1) is 10.6 Å². The number of furan rings is 1. The Bertz CT molecular complexity index is 1580. The molecule has 0 aliphatic heterocycles. The largest absolute Gasteiger partial charge is 0.455 e. The van der Waals surface area contributed by atoms with E-state index in [1.807, 2.05) is 24.4 Å². The molecule has 0 aliphatic carbocycles. The normalized spacial score (nSPS) is 12.2. The molecule has 3 aromatic heterocycles. The maximum absolute atomic E-state index is 6.14. The van der Waals surface area contributed by atoms with Gasteiger partial charge in [-0.1, -0.05) is 63.2 Å². The van der Waals surface area contributed by atoms with Crippen LogP contribution in [0.2, 0.25) is 0 Å². The SMILES string of the molecule is CC(C)(C)c1cc(-c2nccc3sc(-c4cc5ccccc5o4)cc23)cc2ccccc12. The van der Waals surface area contributed by atoms with Crippen molar-refractivity contribution in [2.45, 2.75) is 26.2 Å². The summed E-state index contributed by atoms with van der Waals surface area (Å²) in [5, 5.41) is 4.86. The molecule has 0 aliphatic rings. The van der Waals surface area contributed by atoms with Crippen LogP contribution >= 0.6 is 11.3 Å². The molecule has 0 amide bonds. The van der Waals surface area contributed by atoms with Gasteiger partial charge in [-0.05, 0) is 58.1 Å². The van der Waals surface area contributed by atoms with E-state index in [0.29, 0.717) is 0 Å². The zero-order valence-electron chi connectivity index (χ0n) is 18.3. The van der Waals surface area contributed by atoms with Crippen LogP contribution in [0, 0.1) is 0 Å². The number of hydrogen-bond acceptors (Lipinski definition) is 3. The number of nitrogens with zero attached hydrogens (tertiary/aromatic N) is 1. The lowest BCUT2D eigenvalue weighted by molar-refractivity contribution is 0.596. The summed E-state index contributed by atoms with van der Waals surface area (Å²) in [6, 6.07) is 27.8. The number of hydrogen-bond donors (Lipinski definition) is 0. The first-order chi connectivity index (χ1) is 15.5. The van der Waals surface area contributed by atoms with Gasteiger partial charge in [-0.3, -0.25) is 4.98 Å². The molecule has 0 atom stereocenters. The van der Waals surface area contributed by atoms with Gasteiger partial charge in [-0.2, -0.15) is 0 Å². The van der Waals surface area contributed by atoms with Gasteiger partial charge >= 0.3 is 0 Å². The number of para-hydroxylation sites is 1. The van der Waals surface area contributed by atoms with Gasteiger partial charge < -0.3 is 4.42 Å². The molecule has 0 saturated heterocycles. The molecular weight excluding hydrogens is 410 g/mol. The molecule has 32 heavy (non-hydrogen) atoms. The summed E-state index contributed by atoms with van der Waals surface area (Å²) in [6.45, 7) is 6.82. The van der Waals surface area contributed by atoms with Crippen molar-refractivity contribution in [2.24, 2.45) is 0 Å². The van der Waals surface area contributed by atoms with Crippen LogP contribution < -0.4 is 0 Å². The Kier molecular flexibility index (Phi) is 4.24. The minimum Gasteiger partial charge on any atom is -0.455 e. The fourth-order valence-electron chi connectivity index (χ4n) is 4.49. The number of pyridine rings is 1. The molecule has 0 saturated carbocycles. The third kappa shape index (κ3) is 3.12. The summed E-state index contributed by atoms with van der Waals surface area (Å²) in [5.74, 6) is 0.909. The number of rotatable bonds is 2. The maximum atomic E-state index is 6.14. The lowest BCUT2D eigenvalue weighted by atomic mass is 9.82. The summed E-state index contributed by atoms with van der Waals surface area (Å²) in [5.41, 5.74) is 4.49. The van der Waals surface area contributed by atoms with Crippen LogP contribution in [0.25, 0.3) is 53.7 Å². The average molecular weight is 434 g/mol. The fraction of sp³-hybridized carbons (Fsp3) is 0.138. The van der Waals surface area contributed by atoms with E-state index in [9.17, 15) is 0 Å². The van der Waals surface area contributed by atoms with Gasteiger partial charge in [0.2, 0.25) is 0 Å². The van der Waals surface area contributed by atoms with Gasteiger partial charge in [-0.15, -0.1) is 11.3 Å². The lowest BCUT2D eigenvalue weighted by Crippen LogP contribution is -2.12. The van der Waals surface area contributed by atoms with E-state index in [1.54, 1.807) is 11.3 Å². The molecule has 3 heteroatoms. The molecule has 6 rings (SSSR count). The van der Waals surface area contributed by atoms with Crippen molar-refractivity contribution < 1.29 is 4.42 Å². The highest BCUT2D eigenvalue weighted by Gasteiger charge is 2.20. The summed E-state index contributed by atoms with van der Waals surface area (Å²) in [4.78, 5) is 5.96. The molecule has 3 aromatic carbocycles. The quantitative estimate of drug-likeness (QED) is 0.273. The van der Waals surface area contributed by atoms with Crippen LogP contribution in [-0.2, 0) is 5.41 Å². The Balaban J connectivity index is 1.56. The van der Waals surface area contributed by atoms with E-state index in [2.05, 4.69) is 81.4 Å². The summed E-state index contributed by atoms with van der Waals surface area (Å²) in [6.07, 6.45) is 1.92. The van der Waals surface area contributed by atoms with E-state index in [0.717, 1.165) is 32.9 Å². The third-order valence-electron chi connectivity index (χ3n) is 6.06. The van der Waals surface area contributed by atoms with E-state index in [-0.39, 0.29) is 5.41 Å². The maximum Gasteiger partial charge on any atom is 0.145 e. The highest BCUT2D eigenvalue weighted by molar-refractivity contribution is 7.22. The molecule has 0 spiro atoms. The van der Waals surface area contributed by atoms with Crippen LogP contribution in [0.5, 0.6) is 0 Å². The Morgan fingerprint density at radius 3 is 2.38 bits per heavy atom. The smallest absolute Gasteiger partial charge is 0.145 e. The second kappa shape index (κ2) is 7.04. The predicted octanol–water partition coefficient (Wildman–Crippen LogP) is 8.83. The molecule has 3 heterocycles. The van der Waals surface area contributed by atoms with Crippen molar-refractivity contribution in [1.82, 2.24) is 4.98 Å². The van der Waals surface area contributed by atoms with Crippen molar-refractivity contribution in [2.75, 3.05) is 0 Å². The Morgan fingerprint density at radius 2 is 1.56 bits per heavy atom. The lowest BCUT2D eigenvalue weighted by Gasteiger charge is -2.22. The van der Waals surface area contributed by atoms with Crippen molar-refractivity contribution in [3.05, 3.63) is 90.6 Å². The van der Waals surface area contributed by atoms with Gasteiger partial charge in [0.25, 0.3) is 0 Å². The molecule has 0 bridgehead atoms. The third-order valence-corrected chi connectivity index (χ3v) is 7.17. The van der Waals surface area contributed by atoms with E-state index >= 15 is 0 Å². The standard InChI is InChI=1S/C29H23NOS/c1-29(2,3)23-15-20(14-18-8-4-6-10-21(18)23)28-22-17-27(32-26(22)12-13-30-28)25-16-19-9-5-7-11-24(19)31-25/h4-17H,1-3H3. The monoisotopic (exact) mass is 433 g/mol. The van der Waals surface area contributed by atoms with E-state index in [1.165, 1.54) is 26.4 Å². The number of fused-ring (bicyclic) bond motifs is 3. The molecule has 0 radical (unpaired) electrons. The predicted molar refractivity (Wildman–Crippen MR) is 136 cm³/mol. The summed E-state index contributed by atoms with van der Waals surface area (Å²) in [7, 11) is 0. The molecule has 0 fully saturated rings. The molecule has 0 unspecified atom stereocenters. The Labute approximate surface area is 191 Å². The second-order valence-electron chi connectivity index (χ2n) is 9.33. The average Bonchev–Trinajstić information content (AvgIpc) is 3.41. The van der Waals surface area contributed by atoms with E-state index in [4.69, 9.17) is 9.40 Å². The van der Waals surface area contributed by atoms with Gasteiger partial charge in [0.15, 0.2) is 0 Å². The number of thiophene rings is 1. The zero-order valence-corrected chi connectivity index (χ0v) is 19.2. The first kappa shape index (κ1) is 19.3. The molecule has 6 aromatic rings. The first-order valence-electron chi connectivity index (χ1n) is 10.9. The molecule has 0 N–H and O–H groups in total. The fourth-order valence-corrected chi connectivity index (χ4v) is 5.49. The zero-order chi connectivity index (χ0) is 21.9. The van der Waals surface area contributed by atoms with E-state index < -0.39 is 0 Å². The van der Waals surface area contributed by atoms with Crippen LogP contribution in [0.3, 0.4) is 0 Å². The minimum atomic E-state index is 0.0393. The number of aromatic nitrogens is 1. The molecule has 2 nitrogen and oxygen atoms in total. The number of benzene rings is 3. The van der Waals surface area contributed by atoms with Crippen molar-refractivity contribution >= 4 is 43.2 Å². The Morgan fingerprint density at radius 1 is 0.781 bits per heavy atom. The van der Waals surface area contributed by atoms with Gasteiger partial charge in [0.1, 0.15) is 11.3 Å². The van der Waals surface area contributed by atoms with Crippen LogP contribution in [0.15, 0.2) is 89.5 Å². The van der Waals surface area contributed by atoms with Crippen molar-refractivity contribution in [3.63, 3.8) is 0 Å². The minimum absolute atomic E-state index is 0.0393. The molecular formula is C29H23NOS. The topological polar surface area (TPSA) is 26.0 Å². The Hall–Kier alpha value is -3.43. The van der Waals surface area contributed by atoms with Crippen LogP contribution in [0.4, 0.5) is 0 Å². The second-order valence-corrected chi connectivity index (χ2v) is 10.4. The summed E-state index contributed by atoms with van der Waals surface area (Å²) < 4.78 is 7.36. The van der Waals surface area contributed by atoms with Crippen molar-refractivity contribution in [1.29, 1.82) is 0 Å². The van der Waals surface area contributed by atoms with Crippen LogP contribution in [0.1, 0.15) is 26.3 Å². The first-order valence-corrected chi connectivity index (χ1v) is 11.7. The summed E-state index contributed by atoms with van der Waals surface area (Å²) >= 11 is 1.75. The molecule has 156 valence electrons. The van der Waals surface area contributed by atoms with Gasteiger partial charge in [0, 0.05) is 27.2 Å². The van der Waals surface area contributed by atoms with Crippen LogP contribution in [-0.4, -0.2) is 4.98 Å². The highest BCUT2D eigenvalue weighted by Crippen LogP contribution is 2.41. The highest BCUT2D eigenvalue weighted by atomic mass is 32.1.